The molecule has 2 aliphatic heterocycles. The number of hydrogen-bond acceptors (Lipinski definition) is 3. The number of rotatable bonds is 5. The van der Waals surface area contributed by atoms with Gasteiger partial charge in [0, 0.05) is 25.6 Å². The second kappa shape index (κ2) is 8.78. The molecule has 2 heterocycles. The maximum absolute atomic E-state index is 13.3. The minimum absolute atomic E-state index is 0.0428. The molecule has 0 saturated carbocycles. The second-order valence-electron chi connectivity index (χ2n) is 8.16. The van der Waals surface area contributed by atoms with Gasteiger partial charge in [0.15, 0.2) is 0 Å². The molecule has 0 aliphatic carbocycles. The van der Waals surface area contributed by atoms with Crippen LogP contribution in [0, 0.1) is 5.92 Å². The van der Waals surface area contributed by atoms with Gasteiger partial charge in [-0.1, -0.05) is 60.7 Å². The van der Waals surface area contributed by atoms with Gasteiger partial charge in [0.25, 0.3) is 0 Å². The largest absolute Gasteiger partial charge is 0.340 e. The number of carbonyl (C=O) groups excluding carboxylic acids is 2. The highest BCUT2D eigenvalue weighted by atomic mass is 16.2. The third-order valence-corrected chi connectivity index (χ3v) is 6.34. The van der Waals surface area contributed by atoms with E-state index in [0.29, 0.717) is 32.6 Å². The summed E-state index contributed by atoms with van der Waals surface area (Å²) < 4.78 is 0. The lowest BCUT2D eigenvalue weighted by molar-refractivity contribution is -0.143. The van der Waals surface area contributed by atoms with Crippen LogP contribution in [0.1, 0.15) is 29.9 Å². The zero-order valence-corrected chi connectivity index (χ0v) is 16.7. The van der Waals surface area contributed by atoms with Crippen LogP contribution in [0.5, 0.6) is 0 Å². The first-order valence-electron chi connectivity index (χ1n) is 10.5. The van der Waals surface area contributed by atoms with E-state index in [1.165, 1.54) is 5.56 Å². The molecule has 2 aliphatic rings. The van der Waals surface area contributed by atoms with Crippen molar-refractivity contribution in [3.05, 3.63) is 71.8 Å². The first kappa shape index (κ1) is 19.6. The lowest BCUT2D eigenvalue weighted by atomic mass is 9.89. The van der Waals surface area contributed by atoms with Gasteiger partial charge in [0.05, 0.1) is 6.42 Å². The Balaban J connectivity index is 1.45. The summed E-state index contributed by atoms with van der Waals surface area (Å²) in [7, 11) is 0. The SMILES string of the molecule is NC[C@@H]1CN(C(=O)C2CCCN2C(=O)Cc2ccccc2)C[C@H]1c1ccccc1. The van der Waals surface area contributed by atoms with Gasteiger partial charge >= 0.3 is 0 Å². The van der Waals surface area contributed by atoms with Gasteiger partial charge in [-0.3, -0.25) is 9.59 Å². The van der Waals surface area contributed by atoms with Gasteiger partial charge in [0.1, 0.15) is 6.04 Å². The van der Waals surface area contributed by atoms with Gasteiger partial charge in [0.2, 0.25) is 11.8 Å². The summed E-state index contributed by atoms with van der Waals surface area (Å²) in [6, 6.07) is 19.7. The molecule has 2 aromatic rings. The average Bonchev–Trinajstić information content (AvgIpc) is 3.42. The molecule has 2 amide bonds. The average molecular weight is 392 g/mol. The molecule has 2 N–H and O–H groups in total. The molecule has 0 aromatic heterocycles. The van der Waals surface area contributed by atoms with Gasteiger partial charge in [-0.05, 0) is 36.4 Å². The predicted molar refractivity (Wildman–Crippen MR) is 113 cm³/mol. The van der Waals surface area contributed by atoms with Crippen LogP contribution >= 0.6 is 0 Å². The molecule has 4 rings (SSSR count). The van der Waals surface area contributed by atoms with Crippen LogP contribution in [0.25, 0.3) is 0 Å². The van der Waals surface area contributed by atoms with Crippen molar-refractivity contribution < 1.29 is 9.59 Å². The van der Waals surface area contributed by atoms with Gasteiger partial charge in [-0.15, -0.1) is 0 Å². The Bertz CT molecular complexity index is 840. The van der Waals surface area contributed by atoms with Crippen molar-refractivity contribution in [3.63, 3.8) is 0 Å². The highest BCUT2D eigenvalue weighted by Gasteiger charge is 2.41. The van der Waals surface area contributed by atoms with Crippen molar-refractivity contribution in [2.24, 2.45) is 11.7 Å². The Morgan fingerprint density at radius 1 is 0.966 bits per heavy atom. The molecule has 5 nitrogen and oxygen atoms in total. The summed E-state index contributed by atoms with van der Waals surface area (Å²) in [6.45, 7) is 2.58. The molecule has 2 fully saturated rings. The van der Waals surface area contributed by atoms with Crippen molar-refractivity contribution in [3.8, 4) is 0 Å². The second-order valence-corrected chi connectivity index (χ2v) is 8.16. The first-order chi connectivity index (χ1) is 14.2. The van der Waals surface area contributed by atoms with Crippen LogP contribution < -0.4 is 5.73 Å². The maximum Gasteiger partial charge on any atom is 0.245 e. The van der Waals surface area contributed by atoms with Gasteiger partial charge < -0.3 is 15.5 Å². The van der Waals surface area contributed by atoms with E-state index in [1.807, 2.05) is 53.4 Å². The molecule has 5 heteroatoms. The number of nitrogens with two attached hydrogens (primary N) is 1. The molecule has 3 atom stereocenters. The Morgan fingerprint density at radius 2 is 1.66 bits per heavy atom. The monoisotopic (exact) mass is 391 g/mol. The molecule has 0 radical (unpaired) electrons. The number of hydrogen-bond donors (Lipinski definition) is 1. The van der Waals surface area contributed by atoms with E-state index in [0.717, 1.165) is 18.4 Å². The summed E-state index contributed by atoms with van der Waals surface area (Å²) in [5.74, 6) is 0.651. The molecular formula is C24H29N3O2. The summed E-state index contributed by atoms with van der Waals surface area (Å²) >= 11 is 0. The van der Waals surface area contributed by atoms with E-state index < -0.39 is 0 Å². The molecule has 29 heavy (non-hydrogen) atoms. The Morgan fingerprint density at radius 3 is 2.34 bits per heavy atom. The number of carbonyl (C=O) groups is 2. The summed E-state index contributed by atoms with van der Waals surface area (Å²) in [5, 5.41) is 0. The highest BCUT2D eigenvalue weighted by Crippen LogP contribution is 2.33. The van der Waals surface area contributed by atoms with E-state index in [2.05, 4.69) is 12.1 Å². The molecule has 0 bridgehead atoms. The lowest BCUT2D eigenvalue weighted by Gasteiger charge is -2.28. The highest BCUT2D eigenvalue weighted by molar-refractivity contribution is 5.89. The Hall–Kier alpha value is -2.66. The van der Waals surface area contributed by atoms with E-state index in [9.17, 15) is 9.59 Å². The maximum atomic E-state index is 13.3. The van der Waals surface area contributed by atoms with E-state index in [4.69, 9.17) is 5.73 Å². The molecule has 0 spiro atoms. The van der Waals surface area contributed by atoms with Crippen LogP contribution in [0.4, 0.5) is 0 Å². The molecular weight excluding hydrogens is 362 g/mol. The normalized spacial score (nSPS) is 24.1. The third-order valence-electron chi connectivity index (χ3n) is 6.34. The zero-order chi connectivity index (χ0) is 20.2. The van der Waals surface area contributed by atoms with Crippen LogP contribution in [0.2, 0.25) is 0 Å². The van der Waals surface area contributed by atoms with Gasteiger partial charge in [-0.2, -0.15) is 0 Å². The summed E-state index contributed by atoms with van der Waals surface area (Å²) in [6.07, 6.45) is 1.98. The number of nitrogens with zero attached hydrogens (tertiary/aromatic N) is 2. The molecule has 2 saturated heterocycles. The minimum atomic E-state index is -0.334. The zero-order valence-electron chi connectivity index (χ0n) is 16.7. The lowest BCUT2D eigenvalue weighted by Crippen LogP contribution is -2.47. The summed E-state index contributed by atoms with van der Waals surface area (Å²) in [5.41, 5.74) is 8.26. The van der Waals surface area contributed by atoms with Crippen molar-refractivity contribution in [2.45, 2.75) is 31.2 Å². The van der Waals surface area contributed by atoms with E-state index >= 15 is 0 Å². The number of amides is 2. The fraction of sp³-hybridized carbons (Fsp3) is 0.417. The fourth-order valence-corrected chi connectivity index (χ4v) is 4.77. The number of likely N-dealkylation sites (tertiary alicyclic amines) is 2. The van der Waals surface area contributed by atoms with Crippen LogP contribution in [0.15, 0.2) is 60.7 Å². The topological polar surface area (TPSA) is 66.6 Å². The van der Waals surface area contributed by atoms with Crippen molar-refractivity contribution in [2.75, 3.05) is 26.2 Å². The van der Waals surface area contributed by atoms with Crippen molar-refractivity contribution >= 4 is 11.8 Å². The predicted octanol–water partition coefficient (Wildman–Crippen LogP) is 2.42. The molecule has 152 valence electrons. The molecule has 1 unspecified atom stereocenters. The minimum Gasteiger partial charge on any atom is -0.340 e. The molecule has 2 aromatic carbocycles. The van der Waals surface area contributed by atoms with Crippen LogP contribution in [-0.2, 0) is 16.0 Å². The quantitative estimate of drug-likeness (QED) is 0.851. The first-order valence-corrected chi connectivity index (χ1v) is 10.5. The van der Waals surface area contributed by atoms with Crippen molar-refractivity contribution in [1.29, 1.82) is 0 Å². The Kier molecular flexibility index (Phi) is 5.95. The number of benzene rings is 2. The Labute approximate surface area is 172 Å². The van der Waals surface area contributed by atoms with E-state index in [1.54, 1.807) is 4.90 Å². The fourth-order valence-electron chi connectivity index (χ4n) is 4.77. The summed E-state index contributed by atoms with van der Waals surface area (Å²) in [4.78, 5) is 30.0. The van der Waals surface area contributed by atoms with Crippen LogP contribution in [-0.4, -0.2) is 53.8 Å². The standard InChI is InChI=1S/C24H29N3O2/c25-15-20-16-26(17-21(20)19-10-5-2-6-11-19)24(29)22-12-7-13-27(22)23(28)14-18-8-3-1-4-9-18/h1-6,8-11,20-22H,7,12-17,25H2/t20-,21+,22?/m1/s1. The van der Waals surface area contributed by atoms with E-state index in [-0.39, 0.29) is 29.7 Å². The van der Waals surface area contributed by atoms with Gasteiger partial charge in [-0.25, -0.2) is 0 Å². The van der Waals surface area contributed by atoms with Crippen molar-refractivity contribution in [1.82, 2.24) is 9.80 Å². The smallest absolute Gasteiger partial charge is 0.245 e. The van der Waals surface area contributed by atoms with Crippen LogP contribution in [0.3, 0.4) is 0 Å². The third kappa shape index (κ3) is 4.20.